The second kappa shape index (κ2) is 23.5. The van der Waals surface area contributed by atoms with Crippen molar-refractivity contribution in [1.29, 1.82) is 0 Å². The molecule has 64 heavy (non-hydrogen) atoms. The summed E-state index contributed by atoms with van der Waals surface area (Å²) in [6, 6.07) is 21.5. The van der Waals surface area contributed by atoms with Crippen molar-refractivity contribution < 1.29 is 62.8 Å². The van der Waals surface area contributed by atoms with Crippen LogP contribution in [-0.4, -0.2) is 74.3 Å². The zero-order valence-electron chi connectivity index (χ0n) is 35.9. The fourth-order valence-electron chi connectivity index (χ4n) is 6.07. The van der Waals surface area contributed by atoms with E-state index in [1.54, 1.807) is 49.1 Å². The second-order valence-corrected chi connectivity index (χ2v) is 18.8. The molecule has 0 aliphatic carbocycles. The molecule has 0 aliphatic heterocycles. The van der Waals surface area contributed by atoms with Gasteiger partial charge in [-0.15, -0.1) is 12.6 Å². The van der Waals surface area contributed by atoms with E-state index in [2.05, 4.69) is 24.9 Å². The summed E-state index contributed by atoms with van der Waals surface area (Å²) < 4.78 is 91.5. The first-order valence-corrected chi connectivity index (χ1v) is 23.6. The van der Waals surface area contributed by atoms with Gasteiger partial charge in [0.1, 0.15) is 11.5 Å². The van der Waals surface area contributed by atoms with E-state index in [9.17, 15) is 30.7 Å². The van der Waals surface area contributed by atoms with Crippen molar-refractivity contribution in [2.75, 3.05) is 0 Å². The minimum absolute atomic E-state index is 0. The summed E-state index contributed by atoms with van der Waals surface area (Å²) in [6.45, 7) is 11.7. The summed E-state index contributed by atoms with van der Waals surface area (Å²) in [4.78, 5) is 38.9. The van der Waals surface area contributed by atoms with Crippen LogP contribution in [0.25, 0.3) is 45.6 Å². The number of aryl methyl sites for hydroxylation is 4. The Bertz CT molecular complexity index is 2860. The monoisotopic (exact) mass is 1020 g/mol. The van der Waals surface area contributed by atoms with Gasteiger partial charge in [-0.25, -0.2) is 18.4 Å². The molecule has 6 aromatic heterocycles. The smallest absolute Gasteiger partial charge is 0.748 e. The van der Waals surface area contributed by atoms with Gasteiger partial charge in [0.15, 0.2) is 0 Å². The second-order valence-electron chi connectivity index (χ2n) is 15.5. The molecule has 0 amide bonds. The number of rotatable bonds is 13. The Balaban J connectivity index is 0.000000320. The molecule has 0 radical (unpaired) electrons. The molecule has 0 fully saturated rings. The molecule has 0 aromatic carbocycles. The normalized spacial score (nSPS) is 11.2. The number of nitrogens with zero attached hydrogens (tertiary/aromatic N) is 6. The number of aromatic nitrogens is 6. The average Bonchev–Trinajstić information content (AvgIpc) is 3.19. The van der Waals surface area contributed by atoms with Gasteiger partial charge < -0.3 is 4.55 Å². The number of Topliss-reactive ketones (excluding diaryl/α,β-unsaturated/α-hetero) is 1. The third-order valence-corrected chi connectivity index (χ3v) is 10.5. The van der Waals surface area contributed by atoms with Crippen molar-refractivity contribution in [2.24, 2.45) is 5.41 Å². The van der Waals surface area contributed by atoms with Crippen molar-refractivity contribution >= 4 is 36.6 Å². The molecule has 6 heterocycles. The molecular formula is C44H47N6O10RuS3+. The van der Waals surface area contributed by atoms with E-state index in [0.717, 1.165) is 41.5 Å². The molecular weight excluding hydrogens is 970 g/mol. The topological polar surface area (TPSA) is 257 Å². The van der Waals surface area contributed by atoms with Gasteiger partial charge in [-0.1, -0.05) is 27.7 Å². The molecule has 338 valence electrons. The summed E-state index contributed by atoms with van der Waals surface area (Å²) in [6.07, 6.45) is 9.48. The van der Waals surface area contributed by atoms with Gasteiger partial charge in [-0.05, 0) is 139 Å². The van der Waals surface area contributed by atoms with Crippen LogP contribution in [0.2, 0.25) is 0 Å². The Morgan fingerprint density at radius 3 is 1.34 bits per heavy atom. The summed E-state index contributed by atoms with van der Waals surface area (Å²) in [5.74, 6) is -0.905. The maximum absolute atomic E-state index is 12.2. The van der Waals surface area contributed by atoms with Crippen LogP contribution in [0.1, 0.15) is 73.9 Å². The molecule has 6 rings (SSSR count). The van der Waals surface area contributed by atoms with Crippen LogP contribution in [-0.2, 0) is 79.5 Å². The van der Waals surface area contributed by atoms with Crippen LogP contribution in [0.4, 0.5) is 0 Å². The zero-order chi connectivity index (χ0) is 46.5. The van der Waals surface area contributed by atoms with Crippen LogP contribution >= 0.6 is 0 Å². The van der Waals surface area contributed by atoms with Crippen molar-refractivity contribution in [2.45, 2.75) is 78.7 Å². The Kier molecular flexibility index (Phi) is 19.5. The van der Waals surface area contributed by atoms with Gasteiger partial charge in [-0.3, -0.25) is 29.3 Å². The van der Waals surface area contributed by atoms with Crippen molar-refractivity contribution in [3.63, 3.8) is 0 Å². The third kappa shape index (κ3) is 18.0. The predicted octanol–water partition coefficient (Wildman–Crippen LogP) is 6.95. The zero-order valence-corrected chi connectivity index (χ0v) is 40.1. The molecule has 0 bridgehead atoms. The maximum atomic E-state index is 12.2. The van der Waals surface area contributed by atoms with Gasteiger partial charge in [0.25, 0.3) is 10.1 Å². The van der Waals surface area contributed by atoms with E-state index < -0.39 is 42.4 Å². The van der Waals surface area contributed by atoms with E-state index in [0.29, 0.717) is 63.1 Å². The number of hydrogen-bond acceptors (Lipinski definition) is 15. The summed E-state index contributed by atoms with van der Waals surface area (Å²) in [5, 5.41) is 0. The SMILES string of the molecule is CCc1ccnc(-c2cc(CS(=O)(=O)O)cc(-c3cc(CCCC(=O)C(C)(C)C)ccn3)n2)c1.Cc1ccnc(-c2cc(CS(=O)(=O)[O-])cc(-c3cc(C)ccn3)n2)c1.O=S(=O)=O.[Ru+2]. The molecule has 20 heteroatoms. The number of carbonyl (C=O) groups is 1. The van der Waals surface area contributed by atoms with Gasteiger partial charge >= 0.3 is 30.1 Å². The molecule has 6 aromatic rings. The molecule has 0 aliphatic rings. The number of hydrogen-bond donors (Lipinski definition) is 1. The Labute approximate surface area is 387 Å². The van der Waals surface area contributed by atoms with Crippen molar-refractivity contribution in [3.8, 4) is 45.6 Å². The van der Waals surface area contributed by atoms with E-state index >= 15 is 0 Å². The third-order valence-electron chi connectivity index (χ3n) is 9.11. The van der Waals surface area contributed by atoms with E-state index in [1.165, 1.54) is 0 Å². The van der Waals surface area contributed by atoms with E-state index in [-0.39, 0.29) is 30.7 Å². The fourth-order valence-corrected chi connectivity index (χ4v) is 7.23. The molecule has 0 saturated heterocycles. The van der Waals surface area contributed by atoms with Crippen molar-refractivity contribution in [1.82, 2.24) is 29.9 Å². The summed E-state index contributed by atoms with van der Waals surface area (Å²) in [5.41, 5.74) is 8.95. The Morgan fingerprint density at radius 2 is 0.969 bits per heavy atom. The van der Waals surface area contributed by atoms with Gasteiger partial charge in [0.05, 0.1) is 61.4 Å². The average molecular weight is 1020 g/mol. The maximum Gasteiger partial charge on any atom is 2.00 e. The first-order valence-electron chi connectivity index (χ1n) is 19.5. The van der Waals surface area contributed by atoms with Gasteiger partial charge in [0, 0.05) is 36.6 Å². The number of pyridine rings is 6. The largest absolute Gasteiger partial charge is 2.00 e. The number of carbonyl (C=O) groups excluding carboxylic acids is 1. The van der Waals surface area contributed by atoms with Crippen LogP contribution in [0, 0.1) is 19.3 Å². The quantitative estimate of drug-likeness (QED) is 0.0906. The van der Waals surface area contributed by atoms with Crippen LogP contribution in [0.3, 0.4) is 0 Å². The molecule has 0 spiro atoms. The number of ketones is 1. The van der Waals surface area contributed by atoms with Crippen LogP contribution in [0.15, 0.2) is 97.6 Å². The summed E-state index contributed by atoms with van der Waals surface area (Å²) in [7, 11) is -11.8. The van der Waals surface area contributed by atoms with Crippen molar-refractivity contribution in [3.05, 3.63) is 131 Å². The Hall–Kier alpha value is -5.37. The molecule has 16 nitrogen and oxygen atoms in total. The Morgan fingerprint density at radius 1 is 0.609 bits per heavy atom. The van der Waals surface area contributed by atoms with Crippen LogP contribution in [0.5, 0.6) is 0 Å². The fraction of sp³-hybridized carbons (Fsp3) is 0.295. The molecule has 1 N–H and O–H groups in total. The van der Waals surface area contributed by atoms with Gasteiger partial charge in [0.2, 0.25) is 0 Å². The molecule has 0 saturated carbocycles. The first-order chi connectivity index (χ1) is 29.5. The van der Waals surface area contributed by atoms with Crippen LogP contribution < -0.4 is 0 Å². The predicted molar refractivity (Wildman–Crippen MR) is 236 cm³/mol. The van der Waals surface area contributed by atoms with Gasteiger partial charge in [-0.2, -0.15) is 8.42 Å². The molecule has 0 atom stereocenters. The van der Waals surface area contributed by atoms with E-state index in [1.807, 2.05) is 90.1 Å². The molecule has 0 unspecified atom stereocenters. The van der Waals surface area contributed by atoms with E-state index in [4.69, 9.17) is 17.6 Å². The minimum Gasteiger partial charge on any atom is -0.748 e. The summed E-state index contributed by atoms with van der Waals surface area (Å²) >= 11 is 0. The first kappa shape index (κ1) is 53.0. The minimum atomic E-state index is -4.41. The standard InChI is InChI=1S/C26H31N3O4S.C18H17N3O3S.O3S.Ru/c1-5-18-9-11-27-21(13-18)23-15-20(17-34(31,32)33)16-24(29-23)22-14-19(10-12-28-22)7-6-8-25(30)26(2,3)4;1-12-3-5-19-15(7-12)17-9-14(11-25(22,23)24)10-18(21-17)16-8-13(2)4-6-20-16;1-4(2)3;/h9-16H,5-8,17H2,1-4H3,(H,31,32,33);3-10H,11H2,1-2H3,(H,22,23,24);;/q;;;+2/p-1.